The summed E-state index contributed by atoms with van der Waals surface area (Å²) in [5.74, 6) is -1.49. The number of rotatable bonds is 8. The van der Waals surface area contributed by atoms with Gasteiger partial charge in [-0.1, -0.05) is 12.1 Å². The van der Waals surface area contributed by atoms with Crippen molar-refractivity contribution < 1.29 is 38.5 Å². The molecule has 3 aliphatic rings. The molecule has 6 N–H and O–H groups in total. The lowest BCUT2D eigenvalue weighted by atomic mass is 9.78. The number of benzene rings is 2. The van der Waals surface area contributed by atoms with E-state index in [1.807, 2.05) is 0 Å². The fraction of sp³-hybridized carbons (Fsp3) is 0.385. The number of nitrogens with zero attached hydrogens (tertiary/aromatic N) is 1. The molecule has 40 heavy (non-hydrogen) atoms. The summed E-state index contributed by atoms with van der Waals surface area (Å²) in [4.78, 5) is 53.1. The number of fused-ring (bicyclic) bond motifs is 2. The van der Waals surface area contributed by atoms with Gasteiger partial charge in [0.05, 0.1) is 13.2 Å². The maximum atomic E-state index is 13.7. The quantitative estimate of drug-likeness (QED) is 0.224. The molecule has 12 nitrogen and oxygen atoms in total. The van der Waals surface area contributed by atoms with Crippen molar-refractivity contribution in [1.29, 1.82) is 0 Å². The van der Waals surface area contributed by atoms with E-state index in [1.165, 1.54) is 11.8 Å². The average molecular weight is 548 g/mol. The Kier molecular flexibility index (Phi) is 8.06. The summed E-state index contributed by atoms with van der Waals surface area (Å²) in [6.45, 7) is 1.99. The third-order valence-corrected chi connectivity index (χ3v) is 7.49. The molecule has 3 heterocycles. The topological polar surface area (TPSA) is 181 Å². The van der Waals surface area contributed by atoms with E-state index < -0.39 is 50.1 Å². The van der Waals surface area contributed by atoms with Gasteiger partial charge in [0, 0.05) is 42.7 Å². The van der Waals surface area contributed by atoms with E-state index >= 15 is 0 Å². The Balaban J connectivity index is 1.36. The lowest BCUT2D eigenvalue weighted by Gasteiger charge is -2.26. The van der Waals surface area contributed by atoms with E-state index in [9.17, 15) is 29.2 Å². The van der Waals surface area contributed by atoms with Gasteiger partial charge in [-0.25, -0.2) is 0 Å². The molecule has 1 fully saturated rings. The number of ketones is 1. The normalized spacial score (nSPS) is 20.2. The minimum atomic E-state index is -1.14. The average Bonchev–Trinajstić information content (AvgIpc) is 3.64. The van der Waals surface area contributed by atoms with E-state index in [4.69, 9.17) is 15.0 Å². The lowest BCUT2D eigenvalue weighted by Crippen LogP contribution is -2.51. The van der Waals surface area contributed by atoms with Gasteiger partial charge in [-0.3, -0.25) is 19.2 Å². The highest BCUT2D eigenvalue weighted by Crippen LogP contribution is 2.23. The summed E-state index contributed by atoms with van der Waals surface area (Å²) in [6, 6.07) is 7.67. The van der Waals surface area contributed by atoms with E-state index in [-0.39, 0.29) is 50.5 Å². The van der Waals surface area contributed by atoms with E-state index in [1.54, 1.807) is 36.4 Å². The SMILES string of the molecule is CC(=O)C[C@@H](CN)NC(=O)[C@@H]1C[C@@H](NC(=O)c2ccc3c(c2)B(O)OC3)CN1C(=O)c1ccc2c(c1)B(O)OC2. The number of likely N-dealkylation sites (tertiary alicyclic amines) is 1. The number of nitrogens with one attached hydrogen (secondary N) is 2. The van der Waals surface area contributed by atoms with Gasteiger partial charge >= 0.3 is 14.2 Å². The molecule has 2 aromatic rings. The molecule has 208 valence electrons. The van der Waals surface area contributed by atoms with Crippen LogP contribution in [0.25, 0.3) is 0 Å². The monoisotopic (exact) mass is 548 g/mol. The van der Waals surface area contributed by atoms with Crippen molar-refractivity contribution in [2.75, 3.05) is 13.1 Å². The second kappa shape index (κ2) is 11.5. The zero-order valence-corrected chi connectivity index (χ0v) is 22.0. The minimum Gasteiger partial charge on any atom is -0.423 e. The van der Waals surface area contributed by atoms with E-state index in [0.717, 1.165) is 11.1 Å². The van der Waals surface area contributed by atoms with Gasteiger partial charge in [0.25, 0.3) is 11.8 Å². The van der Waals surface area contributed by atoms with Crippen LogP contribution in [0.1, 0.15) is 51.6 Å². The molecular weight excluding hydrogens is 518 g/mol. The molecule has 2 aromatic carbocycles. The van der Waals surface area contributed by atoms with Crippen molar-refractivity contribution in [2.45, 2.75) is 51.1 Å². The number of hydrogen-bond acceptors (Lipinski definition) is 9. The lowest BCUT2D eigenvalue weighted by molar-refractivity contribution is -0.125. The maximum absolute atomic E-state index is 13.7. The molecule has 0 aromatic heterocycles. The van der Waals surface area contributed by atoms with Crippen LogP contribution in [0.3, 0.4) is 0 Å². The van der Waals surface area contributed by atoms with Crippen molar-refractivity contribution >= 4 is 48.7 Å². The molecule has 14 heteroatoms. The van der Waals surface area contributed by atoms with Gasteiger partial charge in [0.15, 0.2) is 0 Å². The maximum Gasteiger partial charge on any atom is 0.491 e. The summed E-state index contributed by atoms with van der Waals surface area (Å²) >= 11 is 0. The molecule has 0 radical (unpaired) electrons. The van der Waals surface area contributed by atoms with Crippen LogP contribution in [-0.2, 0) is 32.1 Å². The third kappa shape index (κ3) is 5.67. The van der Waals surface area contributed by atoms with Crippen LogP contribution in [0.5, 0.6) is 0 Å². The fourth-order valence-electron chi connectivity index (χ4n) is 5.39. The molecule has 3 amide bonds. The summed E-state index contributed by atoms with van der Waals surface area (Å²) in [5.41, 5.74) is 8.91. The first-order valence-corrected chi connectivity index (χ1v) is 13.1. The molecule has 3 aliphatic heterocycles. The van der Waals surface area contributed by atoms with Crippen LogP contribution in [0.4, 0.5) is 0 Å². The third-order valence-electron chi connectivity index (χ3n) is 7.49. The Labute approximate surface area is 231 Å². The zero-order valence-electron chi connectivity index (χ0n) is 22.0. The number of amides is 3. The first kappa shape index (κ1) is 28.0. The number of hydrogen-bond donors (Lipinski definition) is 5. The number of carbonyl (C=O) groups excluding carboxylic acids is 4. The molecule has 0 bridgehead atoms. The zero-order chi connectivity index (χ0) is 28.6. The predicted molar refractivity (Wildman–Crippen MR) is 145 cm³/mol. The first-order valence-electron chi connectivity index (χ1n) is 13.1. The Morgan fingerprint density at radius 3 is 2.23 bits per heavy atom. The van der Waals surface area contributed by atoms with Gasteiger partial charge < -0.3 is 40.6 Å². The van der Waals surface area contributed by atoms with Crippen LogP contribution in [-0.4, -0.2) is 83.9 Å². The summed E-state index contributed by atoms with van der Waals surface area (Å²) in [5, 5.41) is 25.8. The van der Waals surface area contributed by atoms with Crippen LogP contribution in [0, 0.1) is 0 Å². The Morgan fingerprint density at radius 1 is 1.02 bits per heavy atom. The highest BCUT2D eigenvalue weighted by atomic mass is 16.5. The molecule has 1 saturated heterocycles. The van der Waals surface area contributed by atoms with Crippen LogP contribution >= 0.6 is 0 Å². The largest absolute Gasteiger partial charge is 0.491 e. The van der Waals surface area contributed by atoms with Gasteiger partial charge in [0.1, 0.15) is 11.8 Å². The van der Waals surface area contributed by atoms with E-state index in [2.05, 4.69) is 10.6 Å². The summed E-state index contributed by atoms with van der Waals surface area (Å²) < 4.78 is 10.4. The molecule has 0 unspecified atom stereocenters. The van der Waals surface area contributed by atoms with Crippen molar-refractivity contribution in [3.63, 3.8) is 0 Å². The number of carbonyl (C=O) groups is 4. The van der Waals surface area contributed by atoms with Gasteiger partial charge in [0.2, 0.25) is 5.91 Å². The highest BCUT2D eigenvalue weighted by molar-refractivity contribution is 6.62. The highest BCUT2D eigenvalue weighted by Gasteiger charge is 2.42. The van der Waals surface area contributed by atoms with Crippen molar-refractivity contribution in [3.05, 3.63) is 58.7 Å². The van der Waals surface area contributed by atoms with Crippen molar-refractivity contribution in [1.82, 2.24) is 15.5 Å². The van der Waals surface area contributed by atoms with Gasteiger partial charge in [-0.05, 0) is 59.7 Å². The van der Waals surface area contributed by atoms with Crippen LogP contribution < -0.4 is 27.3 Å². The molecular formula is C26H30B2N4O8. The van der Waals surface area contributed by atoms with Gasteiger partial charge in [-0.15, -0.1) is 0 Å². The van der Waals surface area contributed by atoms with Gasteiger partial charge in [-0.2, -0.15) is 0 Å². The smallest absolute Gasteiger partial charge is 0.423 e. The van der Waals surface area contributed by atoms with Crippen LogP contribution in [0.2, 0.25) is 0 Å². The molecule has 0 spiro atoms. The van der Waals surface area contributed by atoms with E-state index in [0.29, 0.717) is 16.5 Å². The Morgan fingerprint density at radius 2 is 1.62 bits per heavy atom. The second-order valence-corrected chi connectivity index (χ2v) is 10.4. The number of Topliss-reactive ketones (excluding diaryl/α,β-unsaturated/α-hetero) is 1. The fourth-order valence-corrected chi connectivity index (χ4v) is 5.39. The number of nitrogens with two attached hydrogens (primary N) is 1. The Bertz CT molecular complexity index is 1360. The molecule has 3 atom stereocenters. The summed E-state index contributed by atoms with van der Waals surface area (Å²) in [7, 11) is -2.24. The standard InChI is InChI=1S/C26H30B2N4O8/c1-14(33)6-19(10-29)30-25(35)23-9-20(31-24(34)15-2-4-17-12-39-27(37)21(17)7-15)11-32(23)26(36)16-3-5-18-13-40-28(38)22(18)8-16/h2-5,7-8,19-20,23,37-38H,6,9-13,29H2,1H3,(H,30,35)(H,31,34)/t19-,20+,23-/m0/s1. The molecule has 0 saturated carbocycles. The van der Waals surface area contributed by atoms with Crippen LogP contribution in [0.15, 0.2) is 36.4 Å². The van der Waals surface area contributed by atoms with Crippen molar-refractivity contribution in [2.24, 2.45) is 5.73 Å². The summed E-state index contributed by atoms with van der Waals surface area (Å²) in [6.07, 6.45) is 0.188. The molecule has 0 aliphatic carbocycles. The first-order chi connectivity index (χ1) is 19.1. The second-order valence-electron chi connectivity index (χ2n) is 10.4. The Hall–Kier alpha value is -3.55. The van der Waals surface area contributed by atoms with Crippen molar-refractivity contribution in [3.8, 4) is 0 Å². The molecule has 5 rings (SSSR count). The minimum absolute atomic E-state index is 0.0444. The predicted octanol–water partition coefficient (Wildman–Crippen LogP) is -2.44.